The van der Waals surface area contributed by atoms with E-state index in [4.69, 9.17) is 9.90 Å². The predicted octanol–water partition coefficient (Wildman–Crippen LogP) is 4.01. The number of aliphatic carboxylic acids is 1. The standard InChI is InChI=1S/C21H24N6O.C2HF3O2/c1-14-4-7-18(11-22-14)25-20(28)19-8-16(13-27(19)12-15-5-6-15)17-9-23-21(24-10-17)26(2)3;3-2(4,5)1(6)7/h4,7-11,13,15H,5-6,12H2,1-3H3,(H,25,28);(H,6,7). The number of anilines is 2. The summed E-state index contributed by atoms with van der Waals surface area (Å²) in [4.78, 5) is 36.7. The number of aryl methyl sites for hydroxylation is 1. The van der Waals surface area contributed by atoms with E-state index in [2.05, 4.69) is 20.3 Å². The SMILES string of the molecule is Cc1ccc(NC(=O)c2cc(-c3cnc(N(C)C)nc3)cn2CC2CC2)cn1.O=C(O)C(F)(F)F. The number of carbonyl (C=O) groups excluding carboxylic acids is 1. The third-order valence-electron chi connectivity index (χ3n) is 5.06. The van der Waals surface area contributed by atoms with Crippen molar-refractivity contribution in [1.82, 2.24) is 19.5 Å². The molecule has 0 bridgehead atoms. The molecule has 12 heteroatoms. The van der Waals surface area contributed by atoms with E-state index >= 15 is 0 Å². The Balaban J connectivity index is 0.000000429. The lowest BCUT2D eigenvalue weighted by Crippen LogP contribution is -2.21. The molecule has 9 nitrogen and oxygen atoms in total. The fourth-order valence-electron chi connectivity index (χ4n) is 3.03. The topological polar surface area (TPSA) is 113 Å². The van der Waals surface area contributed by atoms with Crippen LogP contribution in [0.1, 0.15) is 29.0 Å². The third-order valence-corrected chi connectivity index (χ3v) is 5.06. The van der Waals surface area contributed by atoms with Crippen LogP contribution >= 0.6 is 0 Å². The number of hydrogen-bond donors (Lipinski definition) is 2. The number of aromatic nitrogens is 4. The summed E-state index contributed by atoms with van der Waals surface area (Å²) >= 11 is 0. The maximum atomic E-state index is 12.9. The molecule has 1 saturated carbocycles. The average molecular weight is 490 g/mol. The lowest BCUT2D eigenvalue weighted by atomic mass is 10.2. The number of hydrogen-bond acceptors (Lipinski definition) is 6. The number of rotatable bonds is 6. The van der Waals surface area contributed by atoms with Gasteiger partial charge in [-0.2, -0.15) is 13.2 Å². The second-order valence-electron chi connectivity index (χ2n) is 8.32. The molecule has 0 saturated heterocycles. The van der Waals surface area contributed by atoms with Crippen LogP contribution in [-0.2, 0) is 11.3 Å². The zero-order chi connectivity index (χ0) is 25.8. The zero-order valence-corrected chi connectivity index (χ0v) is 19.4. The van der Waals surface area contributed by atoms with E-state index in [9.17, 15) is 18.0 Å². The number of alkyl halides is 3. The number of carboxylic acids is 1. The van der Waals surface area contributed by atoms with Crippen molar-refractivity contribution in [2.75, 3.05) is 24.3 Å². The van der Waals surface area contributed by atoms with Gasteiger partial charge in [-0.3, -0.25) is 9.78 Å². The van der Waals surface area contributed by atoms with Crippen LogP contribution in [0.3, 0.4) is 0 Å². The number of carbonyl (C=O) groups is 2. The number of pyridine rings is 1. The van der Waals surface area contributed by atoms with Gasteiger partial charge in [0.1, 0.15) is 5.69 Å². The molecule has 186 valence electrons. The van der Waals surface area contributed by atoms with Crippen molar-refractivity contribution < 1.29 is 27.9 Å². The molecule has 3 aromatic rings. The van der Waals surface area contributed by atoms with Gasteiger partial charge in [0.15, 0.2) is 0 Å². The van der Waals surface area contributed by atoms with Crippen LogP contribution in [0.2, 0.25) is 0 Å². The van der Waals surface area contributed by atoms with E-state index in [1.165, 1.54) is 12.8 Å². The molecule has 2 N–H and O–H groups in total. The van der Waals surface area contributed by atoms with Crippen LogP contribution in [0, 0.1) is 12.8 Å². The van der Waals surface area contributed by atoms with E-state index in [0.717, 1.165) is 23.4 Å². The molecule has 0 atom stereocenters. The Morgan fingerprint density at radius 3 is 2.23 bits per heavy atom. The fourth-order valence-corrected chi connectivity index (χ4v) is 3.03. The minimum atomic E-state index is -5.08. The van der Waals surface area contributed by atoms with Crippen LogP contribution in [0.15, 0.2) is 43.0 Å². The van der Waals surface area contributed by atoms with Crippen molar-refractivity contribution in [2.24, 2.45) is 5.92 Å². The molecule has 1 aliphatic rings. The lowest BCUT2D eigenvalue weighted by molar-refractivity contribution is -0.192. The monoisotopic (exact) mass is 490 g/mol. The van der Waals surface area contributed by atoms with Crippen LogP contribution in [0.5, 0.6) is 0 Å². The van der Waals surface area contributed by atoms with E-state index in [-0.39, 0.29) is 5.91 Å². The summed E-state index contributed by atoms with van der Waals surface area (Å²) in [5.41, 5.74) is 4.08. The first-order valence-electron chi connectivity index (χ1n) is 10.7. The average Bonchev–Trinajstić information content (AvgIpc) is 3.51. The Morgan fingerprint density at radius 1 is 1.11 bits per heavy atom. The van der Waals surface area contributed by atoms with Gasteiger partial charge in [0.2, 0.25) is 5.95 Å². The van der Waals surface area contributed by atoms with Gasteiger partial charge < -0.3 is 19.9 Å². The smallest absolute Gasteiger partial charge is 0.475 e. The predicted molar refractivity (Wildman–Crippen MR) is 123 cm³/mol. The van der Waals surface area contributed by atoms with Gasteiger partial charge in [-0.15, -0.1) is 0 Å². The summed E-state index contributed by atoms with van der Waals surface area (Å²) in [6.45, 7) is 2.77. The molecule has 4 rings (SSSR count). The number of nitrogens with one attached hydrogen (secondary N) is 1. The summed E-state index contributed by atoms with van der Waals surface area (Å²) in [5.74, 6) is -1.58. The molecule has 0 unspecified atom stereocenters. The van der Waals surface area contributed by atoms with Gasteiger partial charge in [0.05, 0.1) is 11.9 Å². The van der Waals surface area contributed by atoms with E-state index < -0.39 is 12.1 Å². The van der Waals surface area contributed by atoms with E-state index in [0.29, 0.717) is 23.2 Å². The highest BCUT2D eigenvalue weighted by Gasteiger charge is 2.38. The van der Waals surface area contributed by atoms with Gasteiger partial charge >= 0.3 is 12.1 Å². The third kappa shape index (κ3) is 7.26. The van der Waals surface area contributed by atoms with Crippen LogP contribution in [-0.4, -0.2) is 56.8 Å². The van der Waals surface area contributed by atoms with Gasteiger partial charge in [-0.1, -0.05) is 0 Å². The van der Waals surface area contributed by atoms with Crippen LogP contribution in [0.4, 0.5) is 24.8 Å². The number of halogens is 3. The molecular weight excluding hydrogens is 465 g/mol. The molecule has 1 amide bonds. The number of amides is 1. The van der Waals surface area contributed by atoms with Gasteiger partial charge in [0.25, 0.3) is 5.91 Å². The highest BCUT2D eigenvalue weighted by molar-refractivity contribution is 6.04. The summed E-state index contributed by atoms with van der Waals surface area (Å²) in [5, 5.41) is 10.1. The Hall–Kier alpha value is -3.96. The van der Waals surface area contributed by atoms with Gasteiger partial charge in [-0.05, 0) is 43.9 Å². The van der Waals surface area contributed by atoms with Crippen molar-refractivity contribution in [1.29, 1.82) is 0 Å². The fraction of sp³-hybridized carbons (Fsp3) is 0.348. The molecule has 0 radical (unpaired) electrons. The molecule has 0 aliphatic heterocycles. The van der Waals surface area contributed by atoms with Crippen molar-refractivity contribution in [3.8, 4) is 11.1 Å². The maximum Gasteiger partial charge on any atom is 0.490 e. The van der Waals surface area contributed by atoms with E-state index in [1.54, 1.807) is 18.6 Å². The molecule has 0 aromatic carbocycles. The molecule has 0 spiro atoms. The van der Waals surface area contributed by atoms with Gasteiger partial charge in [0, 0.05) is 56.1 Å². The number of carboxylic acid groups (broad SMARTS) is 1. The first-order chi connectivity index (χ1) is 16.4. The van der Waals surface area contributed by atoms with E-state index in [1.807, 2.05) is 54.9 Å². The lowest BCUT2D eigenvalue weighted by Gasteiger charge is -2.09. The summed E-state index contributed by atoms with van der Waals surface area (Å²) in [6.07, 6.45) is 4.65. The molecular formula is C23H25F3N6O3. The highest BCUT2D eigenvalue weighted by Crippen LogP contribution is 2.32. The molecule has 3 heterocycles. The summed E-state index contributed by atoms with van der Waals surface area (Å²) in [7, 11) is 3.81. The van der Waals surface area contributed by atoms with Crippen molar-refractivity contribution in [3.05, 3.63) is 54.4 Å². The van der Waals surface area contributed by atoms with Crippen molar-refractivity contribution in [2.45, 2.75) is 32.5 Å². The van der Waals surface area contributed by atoms with Crippen LogP contribution in [0.25, 0.3) is 11.1 Å². The second-order valence-corrected chi connectivity index (χ2v) is 8.32. The Kier molecular flexibility index (Phi) is 7.72. The summed E-state index contributed by atoms with van der Waals surface area (Å²) in [6, 6.07) is 5.66. The molecule has 1 fully saturated rings. The Labute approximate surface area is 199 Å². The quantitative estimate of drug-likeness (QED) is 0.537. The Bertz CT molecular complexity index is 1170. The molecule has 3 aromatic heterocycles. The Morgan fingerprint density at radius 2 is 1.74 bits per heavy atom. The summed E-state index contributed by atoms with van der Waals surface area (Å²) < 4.78 is 33.8. The minimum absolute atomic E-state index is 0.136. The molecule has 35 heavy (non-hydrogen) atoms. The second kappa shape index (κ2) is 10.5. The largest absolute Gasteiger partial charge is 0.490 e. The first-order valence-corrected chi connectivity index (χ1v) is 10.7. The molecule has 1 aliphatic carbocycles. The van der Waals surface area contributed by atoms with Crippen molar-refractivity contribution in [3.63, 3.8) is 0 Å². The first kappa shape index (κ1) is 25.7. The zero-order valence-electron chi connectivity index (χ0n) is 19.4. The highest BCUT2D eigenvalue weighted by atomic mass is 19.4. The maximum absolute atomic E-state index is 12.9. The van der Waals surface area contributed by atoms with Crippen LogP contribution < -0.4 is 10.2 Å². The van der Waals surface area contributed by atoms with Gasteiger partial charge in [-0.25, -0.2) is 14.8 Å². The number of nitrogens with zero attached hydrogens (tertiary/aromatic N) is 5. The minimum Gasteiger partial charge on any atom is -0.475 e. The van der Waals surface area contributed by atoms with Crippen molar-refractivity contribution >= 4 is 23.5 Å². The normalized spacial score (nSPS) is 13.0.